The summed E-state index contributed by atoms with van der Waals surface area (Å²) in [7, 11) is 0. The molecule has 0 radical (unpaired) electrons. The molecule has 2 N–H and O–H groups in total. The van der Waals surface area contributed by atoms with Gasteiger partial charge in [-0.15, -0.1) is 10.2 Å². The van der Waals surface area contributed by atoms with Gasteiger partial charge in [-0.3, -0.25) is 10.9 Å². The molecule has 2 heterocycles. The van der Waals surface area contributed by atoms with E-state index in [0.29, 0.717) is 25.0 Å². The molecule has 142 valence electrons. The zero-order valence-electron chi connectivity index (χ0n) is 15.9. The second kappa shape index (κ2) is 7.91. The first-order valence-corrected chi connectivity index (χ1v) is 9.10. The maximum absolute atomic E-state index is 4.49. The maximum Gasteiger partial charge on any atom is 0.261 e. The smallest absolute Gasteiger partial charge is 0.261 e. The van der Waals surface area contributed by atoms with Crippen molar-refractivity contribution >= 4 is 11.9 Å². The van der Waals surface area contributed by atoms with E-state index >= 15 is 0 Å². The average Bonchev–Trinajstić information content (AvgIpc) is 3.24. The molecular formula is C20H22N8. The van der Waals surface area contributed by atoms with Gasteiger partial charge < -0.3 is 0 Å². The number of benzene rings is 2. The predicted molar refractivity (Wildman–Crippen MR) is 108 cm³/mol. The first-order valence-electron chi connectivity index (χ1n) is 9.10. The minimum absolute atomic E-state index is 0.477. The van der Waals surface area contributed by atoms with E-state index in [1.807, 2.05) is 59.6 Å². The Kier molecular flexibility index (Phi) is 5.01. The molecule has 0 aliphatic rings. The predicted octanol–water partition coefficient (Wildman–Crippen LogP) is 3.02. The van der Waals surface area contributed by atoms with Crippen molar-refractivity contribution in [2.24, 2.45) is 0 Å². The van der Waals surface area contributed by atoms with Crippen molar-refractivity contribution in [3.8, 4) is 0 Å². The average molecular weight is 374 g/mol. The van der Waals surface area contributed by atoms with E-state index in [-0.39, 0.29) is 0 Å². The molecule has 28 heavy (non-hydrogen) atoms. The summed E-state index contributed by atoms with van der Waals surface area (Å²) in [6.45, 7) is 5.20. The van der Waals surface area contributed by atoms with E-state index in [2.05, 4.69) is 55.3 Å². The Bertz CT molecular complexity index is 951. The van der Waals surface area contributed by atoms with Crippen LogP contribution in [0.4, 0.5) is 11.9 Å². The lowest BCUT2D eigenvalue weighted by molar-refractivity contribution is 0.660. The van der Waals surface area contributed by atoms with Crippen molar-refractivity contribution < 1.29 is 0 Å². The first kappa shape index (κ1) is 17.7. The van der Waals surface area contributed by atoms with Crippen LogP contribution in [0.1, 0.15) is 22.8 Å². The summed E-state index contributed by atoms with van der Waals surface area (Å²) >= 11 is 0. The largest absolute Gasteiger partial charge is 0.264 e. The summed E-state index contributed by atoms with van der Waals surface area (Å²) in [5.41, 5.74) is 8.31. The summed E-state index contributed by atoms with van der Waals surface area (Å²) < 4.78 is 3.71. The number of nitrogens with one attached hydrogen (secondary N) is 2. The van der Waals surface area contributed by atoms with Crippen LogP contribution < -0.4 is 10.9 Å². The van der Waals surface area contributed by atoms with Gasteiger partial charge in [0, 0.05) is 0 Å². The quantitative estimate of drug-likeness (QED) is 0.484. The number of nitrogens with zero attached hydrogens (tertiary/aromatic N) is 6. The highest BCUT2D eigenvalue weighted by molar-refractivity contribution is 5.35. The van der Waals surface area contributed by atoms with Crippen molar-refractivity contribution in [3.05, 3.63) is 83.4 Å². The van der Waals surface area contributed by atoms with Crippen molar-refractivity contribution in [2.75, 3.05) is 10.9 Å². The Hall–Kier alpha value is -3.68. The molecule has 4 aromatic rings. The van der Waals surface area contributed by atoms with Crippen LogP contribution in [0.15, 0.2) is 60.7 Å². The molecule has 0 aliphatic heterocycles. The third-order valence-corrected chi connectivity index (χ3v) is 4.35. The van der Waals surface area contributed by atoms with Crippen LogP contribution in [-0.2, 0) is 13.1 Å². The Morgan fingerprint density at radius 2 is 1.04 bits per heavy atom. The molecule has 0 atom stereocenters. The molecule has 0 fully saturated rings. The standard InChI is InChI=1S/C20H22N8/c1-15-21-19(25-27(15)13-17-9-5-3-6-10-17)23-24-20-22-16(2)28(26-20)14-18-11-7-4-8-12-18/h3-12H,13-14H2,1-2H3,(H,23,25)(H,24,26). The van der Waals surface area contributed by atoms with Crippen molar-refractivity contribution in [1.29, 1.82) is 0 Å². The fourth-order valence-corrected chi connectivity index (χ4v) is 2.87. The van der Waals surface area contributed by atoms with Crippen LogP contribution in [0.3, 0.4) is 0 Å². The Balaban J connectivity index is 1.40. The number of aromatic nitrogens is 6. The lowest BCUT2D eigenvalue weighted by Crippen LogP contribution is -2.12. The number of aryl methyl sites for hydroxylation is 2. The molecule has 2 aromatic carbocycles. The Morgan fingerprint density at radius 3 is 1.43 bits per heavy atom. The fraction of sp³-hybridized carbons (Fsp3) is 0.200. The monoisotopic (exact) mass is 374 g/mol. The molecule has 0 unspecified atom stereocenters. The fourth-order valence-electron chi connectivity index (χ4n) is 2.87. The minimum atomic E-state index is 0.477. The second-order valence-electron chi connectivity index (χ2n) is 6.50. The van der Waals surface area contributed by atoms with E-state index in [1.165, 1.54) is 11.1 Å². The van der Waals surface area contributed by atoms with Crippen LogP contribution in [0.5, 0.6) is 0 Å². The topological polar surface area (TPSA) is 85.5 Å². The van der Waals surface area contributed by atoms with Gasteiger partial charge in [-0.25, -0.2) is 9.36 Å². The zero-order valence-corrected chi connectivity index (χ0v) is 15.9. The molecule has 0 spiro atoms. The van der Waals surface area contributed by atoms with Gasteiger partial charge in [0.1, 0.15) is 11.6 Å². The van der Waals surface area contributed by atoms with Crippen LogP contribution >= 0.6 is 0 Å². The SMILES string of the molecule is Cc1nc(NNc2nc(C)n(Cc3ccccc3)n2)nn1Cc1ccccc1. The van der Waals surface area contributed by atoms with Gasteiger partial charge >= 0.3 is 0 Å². The minimum Gasteiger partial charge on any atom is -0.264 e. The highest BCUT2D eigenvalue weighted by Crippen LogP contribution is 2.09. The molecular weight excluding hydrogens is 352 g/mol. The summed E-state index contributed by atoms with van der Waals surface area (Å²) in [5.74, 6) is 2.61. The second-order valence-corrected chi connectivity index (χ2v) is 6.50. The lowest BCUT2D eigenvalue weighted by atomic mass is 10.2. The Labute approximate surface area is 163 Å². The van der Waals surface area contributed by atoms with Crippen molar-refractivity contribution in [2.45, 2.75) is 26.9 Å². The van der Waals surface area contributed by atoms with E-state index in [9.17, 15) is 0 Å². The number of hydrazine groups is 1. The lowest BCUT2D eigenvalue weighted by Gasteiger charge is -2.03. The molecule has 8 nitrogen and oxygen atoms in total. The molecule has 4 rings (SSSR count). The molecule has 0 amide bonds. The third kappa shape index (κ3) is 4.17. The van der Waals surface area contributed by atoms with E-state index in [4.69, 9.17) is 0 Å². The van der Waals surface area contributed by atoms with Gasteiger partial charge in [0.25, 0.3) is 11.9 Å². The van der Waals surface area contributed by atoms with Crippen LogP contribution in [-0.4, -0.2) is 29.5 Å². The highest BCUT2D eigenvalue weighted by Gasteiger charge is 2.09. The molecule has 2 aromatic heterocycles. The number of hydrogen-bond donors (Lipinski definition) is 2. The summed E-state index contributed by atoms with van der Waals surface area (Å²) in [6, 6.07) is 20.3. The van der Waals surface area contributed by atoms with Gasteiger partial charge in [0.2, 0.25) is 0 Å². The number of rotatable bonds is 7. The first-order chi connectivity index (χ1) is 13.7. The van der Waals surface area contributed by atoms with Gasteiger partial charge in [0.05, 0.1) is 13.1 Å². The normalized spacial score (nSPS) is 10.8. The van der Waals surface area contributed by atoms with Crippen molar-refractivity contribution in [1.82, 2.24) is 29.5 Å². The molecule has 8 heteroatoms. The van der Waals surface area contributed by atoms with Crippen molar-refractivity contribution in [3.63, 3.8) is 0 Å². The molecule has 0 aliphatic carbocycles. The third-order valence-electron chi connectivity index (χ3n) is 4.35. The highest BCUT2D eigenvalue weighted by atomic mass is 15.5. The van der Waals surface area contributed by atoms with Gasteiger partial charge in [-0.2, -0.15) is 9.97 Å². The van der Waals surface area contributed by atoms with E-state index in [1.54, 1.807) is 0 Å². The van der Waals surface area contributed by atoms with Gasteiger partial charge in [-0.05, 0) is 25.0 Å². The van der Waals surface area contributed by atoms with E-state index < -0.39 is 0 Å². The van der Waals surface area contributed by atoms with E-state index in [0.717, 1.165) is 11.6 Å². The molecule has 0 bridgehead atoms. The summed E-state index contributed by atoms with van der Waals surface area (Å²) in [5, 5.41) is 8.97. The number of hydrogen-bond acceptors (Lipinski definition) is 6. The Morgan fingerprint density at radius 1 is 0.643 bits per heavy atom. The summed E-state index contributed by atoms with van der Waals surface area (Å²) in [4.78, 5) is 8.87. The number of anilines is 2. The maximum atomic E-state index is 4.49. The summed E-state index contributed by atoms with van der Waals surface area (Å²) in [6.07, 6.45) is 0. The molecule has 0 saturated carbocycles. The van der Waals surface area contributed by atoms with Crippen LogP contribution in [0, 0.1) is 13.8 Å². The van der Waals surface area contributed by atoms with Crippen LogP contribution in [0.25, 0.3) is 0 Å². The van der Waals surface area contributed by atoms with Crippen LogP contribution in [0.2, 0.25) is 0 Å². The van der Waals surface area contributed by atoms with Gasteiger partial charge in [-0.1, -0.05) is 60.7 Å². The molecule has 0 saturated heterocycles. The zero-order chi connectivity index (χ0) is 19.3. The van der Waals surface area contributed by atoms with Gasteiger partial charge in [0.15, 0.2) is 0 Å².